The van der Waals surface area contributed by atoms with Crippen LogP contribution in [0.5, 0.6) is 0 Å². The molecule has 1 aliphatic heterocycles. The number of ether oxygens (including phenoxy) is 1. The molecular formula is C15H19N3O6. The van der Waals surface area contributed by atoms with E-state index in [1.807, 2.05) is 0 Å². The molecule has 0 bridgehead atoms. The summed E-state index contributed by atoms with van der Waals surface area (Å²) < 4.78 is 5.21. The van der Waals surface area contributed by atoms with Gasteiger partial charge in [-0.1, -0.05) is 12.1 Å². The summed E-state index contributed by atoms with van der Waals surface area (Å²) in [5, 5.41) is 25.5. The van der Waals surface area contributed by atoms with Crippen molar-refractivity contribution in [2.24, 2.45) is 0 Å². The van der Waals surface area contributed by atoms with Crippen LogP contribution in [0.4, 0.5) is 11.4 Å². The molecule has 1 aliphatic rings. The molecule has 9 heteroatoms. The molecule has 1 aromatic carbocycles. The van der Waals surface area contributed by atoms with Crippen LogP contribution in [-0.4, -0.2) is 47.2 Å². The number of anilines is 1. The van der Waals surface area contributed by atoms with Crippen molar-refractivity contribution in [2.45, 2.75) is 24.8 Å². The van der Waals surface area contributed by atoms with Crippen molar-refractivity contribution in [3.05, 3.63) is 34.4 Å². The smallest absolute Gasteiger partial charge is 0.305 e. The van der Waals surface area contributed by atoms with E-state index in [4.69, 9.17) is 9.84 Å². The summed E-state index contributed by atoms with van der Waals surface area (Å²) in [6.07, 6.45) is 0.312. The lowest BCUT2D eigenvalue weighted by molar-refractivity contribution is -0.384. The number of aliphatic carboxylic acids is 1. The topological polar surface area (TPSA) is 131 Å². The van der Waals surface area contributed by atoms with Gasteiger partial charge in [0.15, 0.2) is 0 Å². The lowest BCUT2D eigenvalue weighted by Gasteiger charge is -2.27. The standard InChI is InChI=1S/C15H19N3O6/c19-13(17-15(9-14(20)21)6-8-24-10-15)5-7-16-11-3-1-2-4-12(11)18(22)23/h1-4,16H,5-10H2,(H,17,19)(H,20,21). The highest BCUT2D eigenvalue weighted by molar-refractivity contribution is 5.79. The van der Waals surface area contributed by atoms with E-state index in [1.54, 1.807) is 18.2 Å². The van der Waals surface area contributed by atoms with Gasteiger partial charge in [-0.25, -0.2) is 0 Å². The van der Waals surface area contributed by atoms with Crippen LogP contribution in [0.1, 0.15) is 19.3 Å². The summed E-state index contributed by atoms with van der Waals surface area (Å²) in [5.74, 6) is -1.33. The van der Waals surface area contributed by atoms with Crippen LogP contribution in [0.2, 0.25) is 0 Å². The SMILES string of the molecule is O=C(O)CC1(NC(=O)CCNc2ccccc2[N+](=O)[O-])CCOC1. The van der Waals surface area contributed by atoms with E-state index in [0.29, 0.717) is 18.7 Å². The minimum Gasteiger partial charge on any atom is -0.481 e. The third kappa shape index (κ3) is 4.66. The van der Waals surface area contributed by atoms with Crippen molar-refractivity contribution in [3.8, 4) is 0 Å². The number of nitro groups is 1. The first-order valence-corrected chi connectivity index (χ1v) is 7.50. The number of hydrogen-bond acceptors (Lipinski definition) is 6. The summed E-state index contributed by atoms with van der Waals surface area (Å²) in [5.41, 5.74) is -0.606. The molecule has 1 unspecified atom stereocenters. The van der Waals surface area contributed by atoms with E-state index < -0.39 is 16.4 Å². The van der Waals surface area contributed by atoms with Crippen LogP contribution in [0, 0.1) is 10.1 Å². The zero-order valence-electron chi connectivity index (χ0n) is 13.0. The number of nitrogens with one attached hydrogen (secondary N) is 2. The Morgan fingerprint density at radius 3 is 2.75 bits per heavy atom. The molecule has 1 amide bonds. The van der Waals surface area contributed by atoms with E-state index in [2.05, 4.69) is 10.6 Å². The van der Waals surface area contributed by atoms with Crippen molar-refractivity contribution >= 4 is 23.3 Å². The maximum Gasteiger partial charge on any atom is 0.305 e. The van der Waals surface area contributed by atoms with Crippen molar-refractivity contribution in [3.63, 3.8) is 0 Å². The van der Waals surface area contributed by atoms with Crippen LogP contribution in [0.15, 0.2) is 24.3 Å². The van der Waals surface area contributed by atoms with Gasteiger partial charge in [0.25, 0.3) is 5.69 Å². The predicted octanol–water partition coefficient (Wildman–Crippen LogP) is 1.15. The third-order valence-corrected chi connectivity index (χ3v) is 3.77. The zero-order valence-corrected chi connectivity index (χ0v) is 13.0. The fraction of sp³-hybridized carbons (Fsp3) is 0.467. The van der Waals surface area contributed by atoms with E-state index >= 15 is 0 Å². The second kappa shape index (κ2) is 7.73. The highest BCUT2D eigenvalue weighted by Crippen LogP contribution is 2.24. The number of carboxylic acid groups (broad SMARTS) is 1. The number of nitrogens with zero attached hydrogens (tertiary/aromatic N) is 1. The molecule has 1 aromatic rings. The molecule has 0 radical (unpaired) electrons. The molecule has 0 aliphatic carbocycles. The summed E-state index contributed by atoms with van der Waals surface area (Å²) in [4.78, 5) is 33.4. The number of carbonyl (C=O) groups is 2. The average Bonchev–Trinajstić information content (AvgIpc) is 2.94. The summed E-state index contributed by atoms with van der Waals surface area (Å²) in [7, 11) is 0. The van der Waals surface area contributed by atoms with Crippen molar-refractivity contribution in [1.29, 1.82) is 0 Å². The number of carbonyl (C=O) groups excluding carboxylic acids is 1. The monoisotopic (exact) mass is 337 g/mol. The fourth-order valence-electron chi connectivity index (χ4n) is 2.63. The first-order chi connectivity index (χ1) is 11.4. The van der Waals surface area contributed by atoms with Gasteiger partial charge in [-0.15, -0.1) is 0 Å². The van der Waals surface area contributed by atoms with E-state index in [1.165, 1.54) is 6.07 Å². The van der Waals surface area contributed by atoms with Crippen molar-refractivity contribution in [2.75, 3.05) is 25.1 Å². The molecule has 3 N–H and O–H groups in total. The van der Waals surface area contributed by atoms with E-state index in [-0.39, 0.29) is 37.6 Å². The molecule has 0 aromatic heterocycles. The Hall–Kier alpha value is -2.68. The van der Waals surface area contributed by atoms with Gasteiger partial charge in [-0.3, -0.25) is 19.7 Å². The Morgan fingerprint density at radius 1 is 1.38 bits per heavy atom. The van der Waals surface area contributed by atoms with Crippen LogP contribution in [0.3, 0.4) is 0 Å². The van der Waals surface area contributed by atoms with Gasteiger partial charge in [0.1, 0.15) is 5.69 Å². The number of carboxylic acids is 1. The van der Waals surface area contributed by atoms with Gasteiger partial charge in [0.05, 0.1) is 23.5 Å². The first kappa shape index (κ1) is 17.7. The Labute approximate surface area is 138 Å². The summed E-state index contributed by atoms with van der Waals surface area (Å²) in [6.45, 7) is 0.769. The molecule has 1 atom stereocenters. The maximum atomic E-state index is 12.1. The van der Waals surface area contributed by atoms with Gasteiger partial charge in [-0.2, -0.15) is 0 Å². The molecular weight excluding hydrogens is 318 g/mol. The molecule has 1 saturated heterocycles. The molecule has 24 heavy (non-hydrogen) atoms. The second-order valence-electron chi connectivity index (χ2n) is 5.65. The molecule has 2 rings (SSSR count). The summed E-state index contributed by atoms with van der Waals surface area (Å²) in [6, 6.07) is 6.16. The Bertz CT molecular complexity index is 627. The Balaban J connectivity index is 1.87. The number of nitro benzene ring substituents is 1. The third-order valence-electron chi connectivity index (χ3n) is 3.77. The Morgan fingerprint density at radius 2 is 2.12 bits per heavy atom. The summed E-state index contributed by atoms with van der Waals surface area (Å²) >= 11 is 0. The molecule has 1 heterocycles. The van der Waals surface area contributed by atoms with Crippen LogP contribution < -0.4 is 10.6 Å². The number of rotatable bonds is 8. The number of amides is 1. The average molecular weight is 337 g/mol. The van der Waals surface area contributed by atoms with Gasteiger partial charge in [0, 0.05) is 25.6 Å². The first-order valence-electron chi connectivity index (χ1n) is 7.50. The number of hydrogen-bond donors (Lipinski definition) is 3. The highest BCUT2D eigenvalue weighted by Gasteiger charge is 2.38. The minimum absolute atomic E-state index is 0.0629. The minimum atomic E-state index is -1.00. The van der Waals surface area contributed by atoms with Crippen LogP contribution >= 0.6 is 0 Å². The molecule has 0 saturated carbocycles. The van der Waals surface area contributed by atoms with Gasteiger partial charge >= 0.3 is 5.97 Å². The molecule has 1 fully saturated rings. The quantitative estimate of drug-likeness (QED) is 0.479. The lowest BCUT2D eigenvalue weighted by Crippen LogP contribution is -2.50. The van der Waals surface area contributed by atoms with Gasteiger partial charge < -0.3 is 20.5 Å². The number of benzene rings is 1. The largest absolute Gasteiger partial charge is 0.481 e. The fourth-order valence-corrected chi connectivity index (χ4v) is 2.63. The van der Waals surface area contributed by atoms with Crippen molar-refractivity contribution in [1.82, 2.24) is 5.32 Å². The highest BCUT2D eigenvalue weighted by atomic mass is 16.6. The zero-order chi connectivity index (χ0) is 17.6. The van der Waals surface area contributed by atoms with Crippen LogP contribution in [-0.2, 0) is 14.3 Å². The van der Waals surface area contributed by atoms with Crippen molar-refractivity contribution < 1.29 is 24.4 Å². The molecule has 130 valence electrons. The van der Waals surface area contributed by atoms with Gasteiger partial charge in [-0.05, 0) is 12.5 Å². The van der Waals surface area contributed by atoms with Gasteiger partial charge in [0.2, 0.25) is 5.91 Å². The Kier molecular flexibility index (Phi) is 5.69. The number of para-hydroxylation sites is 2. The maximum absolute atomic E-state index is 12.1. The van der Waals surface area contributed by atoms with E-state index in [9.17, 15) is 19.7 Å². The lowest BCUT2D eigenvalue weighted by atomic mass is 9.94. The predicted molar refractivity (Wildman–Crippen MR) is 84.8 cm³/mol. The van der Waals surface area contributed by atoms with Crippen LogP contribution in [0.25, 0.3) is 0 Å². The second-order valence-corrected chi connectivity index (χ2v) is 5.65. The van der Waals surface area contributed by atoms with E-state index in [0.717, 1.165) is 0 Å². The molecule has 9 nitrogen and oxygen atoms in total. The normalized spacial score (nSPS) is 19.7. The molecule has 0 spiro atoms.